The molecule has 0 aliphatic heterocycles. The number of hydrogen-bond acceptors (Lipinski definition) is 3. The van der Waals surface area contributed by atoms with Crippen LogP contribution in [0.15, 0.2) is 24.3 Å². The standard InChI is InChI=1S/C18H27N3O2/c1-4-18(5-2,11-19)21-16(22)13-6-8-14(9-7-13)20-17(23)15-10-12(15)3/h6-9,12,15H,4-5,10-11,19H2,1-3H3,(H,20,23)(H,21,22). The van der Waals surface area contributed by atoms with Crippen molar-refractivity contribution in [3.8, 4) is 0 Å². The van der Waals surface area contributed by atoms with Gasteiger partial charge in [0.25, 0.3) is 5.91 Å². The average Bonchev–Trinajstić information content (AvgIpc) is 3.30. The summed E-state index contributed by atoms with van der Waals surface area (Å²) in [5.41, 5.74) is 6.76. The van der Waals surface area contributed by atoms with E-state index in [2.05, 4.69) is 17.6 Å². The first-order chi connectivity index (χ1) is 10.9. The number of amides is 2. The van der Waals surface area contributed by atoms with Crippen molar-refractivity contribution in [3.05, 3.63) is 29.8 Å². The van der Waals surface area contributed by atoms with E-state index in [-0.39, 0.29) is 23.3 Å². The van der Waals surface area contributed by atoms with Crippen molar-refractivity contribution in [2.45, 2.75) is 45.6 Å². The third-order valence-corrected chi connectivity index (χ3v) is 4.98. The SMILES string of the molecule is CCC(CC)(CN)NC(=O)c1ccc(NC(=O)C2CC2C)cc1. The minimum absolute atomic E-state index is 0.0637. The Morgan fingerprint density at radius 3 is 2.22 bits per heavy atom. The summed E-state index contributed by atoms with van der Waals surface area (Å²) in [6.07, 6.45) is 2.54. The third kappa shape index (κ3) is 4.10. The molecule has 5 nitrogen and oxygen atoms in total. The fourth-order valence-electron chi connectivity index (χ4n) is 2.71. The molecular formula is C18H27N3O2. The number of hydrogen-bond donors (Lipinski definition) is 3. The Balaban J connectivity index is 1.98. The molecule has 23 heavy (non-hydrogen) atoms. The summed E-state index contributed by atoms with van der Waals surface area (Å²) >= 11 is 0. The molecule has 0 aromatic heterocycles. The number of anilines is 1. The van der Waals surface area contributed by atoms with Gasteiger partial charge in [0, 0.05) is 23.7 Å². The van der Waals surface area contributed by atoms with Crippen molar-refractivity contribution in [2.75, 3.05) is 11.9 Å². The zero-order valence-electron chi connectivity index (χ0n) is 14.2. The Morgan fingerprint density at radius 2 is 1.78 bits per heavy atom. The molecule has 1 aliphatic rings. The summed E-state index contributed by atoms with van der Waals surface area (Å²) in [5, 5.41) is 5.93. The van der Waals surface area contributed by atoms with Gasteiger partial charge in [0.1, 0.15) is 0 Å². The van der Waals surface area contributed by atoms with Crippen LogP contribution in [0, 0.1) is 11.8 Å². The fraction of sp³-hybridized carbons (Fsp3) is 0.556. The van der Waals surface area contributed by atoms with Crippen LogP contribution in [-0.4, -0.2) is 23.9 Å². The number of nitrogens with two attached hydrogens (primary N) is 1. The van der Waals surface area contributed by atoms with E-state index in [0.717, 1.165) is 24.9 Å². The van der Waals surface area contributed by atoms with E-state index in [1.165, 1.54) is 0 Å². The molecule has 5 heteroatoms. The summed E-state index contributed by atoms with van der Waals surface area (Å²) < 4.78 is 0. The Kier molecular flexibility index (Phi) is 5.42. The number of carbonyl (C=O) groups excluding carboxylic acids is 2. The van der Waals surface area contributed by atoms with Gasteiger partial charge >= 0.3 is 0 Å². The van der Waals surface area contributed by atoms with E-state index < -0.39 is 0 Å². The van der Waals surface area contributed by atoms with Crippen LogP contribution in [0.5, 0.6) is 0 Å². The molecule has 2 atom stereocenters. The second kappa shape index (κ2) is 7.13. The van der Waals surface area contributed by atoms with E-state index in [1.54, 1.807) is 24.3 Å². The maximum absolute atomic E-state index is 12.4. The highest BCUT2D eigenvalue weighted by Gasteiger charge is 2.39. The van der Waals surface area contributed by atoms with Gasteiger partial charge in [-0.15, -0.1) is 0 Å². The maximum Gasteiger partial charge on any atom is 0.251 e. The zero-order valence-corrected chi connectivity index (χ0v) is 14.2. The fourth-order valence-corrected chi connectivity index (χ4v) is 2.71. The molecule has 0 radical (unpaired) electrons. The highest BCUT2D eigenvalue weighted by molar-refractivity contribution is 5.97. The maximum atomic E-state index is 12.4. The minimum atomic E-state index is -0.355. The minimum Gasteiger partial charge on any atom is -0.345 e. The van der Waals surface area contributed by atoms with Crippen LogP contribution < -0.4 is 16.4 Å². The molecule has 0 bridgehead atoms. The van der Waals surface area contributed by atoms with E-state index in [4.69, 9.17) is 5.73 Å². The van der Waals surface area contributed by atoms with Gasteiger partial charge in [0.2, 0.25) is 5.91 Å². The van der Waals surface area contributed by atoms with Crippen LogP contribution in [0.3, 0.4) is 0 Å². The lowest BCUT2D eigenvalue weighted by Gasteiger charge is -2.31. The number of carbonyl (C=O) groups is 2. The Labute approximate surface area is 138 Å². The van der Waals surface area contributed by atoms with Gasteiger partial charge in [0.15, 0.2) is 0 Å². The normalized spacial score (nSPS) is 20.0. The molecule has 2 unspecified atom stereocenters. The smallest absolute Gasteiger partial charge is 0.251 e. The summed E-state index contributed by atoms with van der Waals surface area (Å²) in [6, 6.07) is 6.99. The van der Waals surface area contributed by atoms with Gasteiger partial charge in [-0.05, 0) is 49.4 Å². The first-order valence-corrected chi connectivity index (χ1v) is 8.38. The van der Waals surface area contributed by atoms with Crippen molar-refractivity contribution in [1.82, 2.24) is 5.32 Å². The first-order valence-electron chi connectivity index (χ1n) is 8.38. The Morgan fingerprint density at radius 1 is 1.22 bits per heavy atom. The lowest BCUT2D eigenvalue weighted by molar-refractivity contribution is -0.117. The van der Waals surface area contributed by atoms with E-state index >= 15 is 0 Å². The predicted molar refractivity (Wildman–Crippen MR) is 92.2 cm³/mol. The summed E-state index contributed by atoms with van der Waals surface area (Å²) in [5.74, 6) is 0.548. The van der Waals surface area contributed by atoms with Crippen molar-refractivity contribution in [2.24, 2.45) is 17.6 Å². The lowest BCUT2D eigenvalue weighted by Crippen LogP contribution is -2.52. The van der Waals surface area contributed by atoms with Gasteiger partial charge < -0.3 is 16.4 Å². The topological polar surface area (TPSA) is 84.2 Å². The van der Waals surface area contributed by atoms with Crippen molar-refractivity contribution in [3.63, 3.8) is 0 Å². The van der Waals surface area contributed by atoms with Crippen LogP contribution in [0.2, 0.25) is 0 Å². The highest BCUT2D eigenvalue weighted by Crippen LogP contribution is 2.38. The van der Waals surface area contributed by atoms with Crippen LogP contribution >= 0.6 is 0 Å². The Hall–Kier alpha value is -1.88. The van der Waals surface area contributed by atoms with Crippen LogP contribution in [0.1, 0.15) is 50.4 Å². The molecule has 2 rings (SSSR count). The number of benzene rings is 1. The second-order valence-electron chi connectivity index (χ2n) is 6.53. The molecule has 1 aromatic carbocycles. The van der Waals surface area contributed by atoms with Crippen LogP contribution in [0.4, 0.5) is 5.69 Å². The molecule has 4 N–H and O–H groups in total. The molecule has 126 valence electrons. The van der Waals surface area contributed by atoms with E-state index in [1.807, 2.05) is 13.8 Å². The molecular weight excluding hydrogens is 290 g/mol. The van der Waals surface area contributed by atoms with Gasteiger partial charge in [-0.2, -0.15) is 0 Å². The quantitative estimate of drug-likeness (QED) is 0.722. The molecule has 1 aliphatic carbocycles. The van der Waals surface area contributed by atoms with E-state index in [0.29, 0.717) is 18.0 Å². The van der Waals surface area contributed by atoms with Gasteiger partial charge in [0.05, 0.1) is 5.54 Å². The number of nitrogens with one attached hydrogen (secondary N) is 2. The lowest BCUT2D eigenvalue weighted by atomic mass is 9.92. The first kappa shape index (κ1) is 17.5. The molecule has 0 saturated heterocycles. The molecule has 1 aromatic rings. The van der Waals surface area contributed by atoms with Gasteiger partial charge in [-0.25, -0.2) is 0 Å². The average molecular weight is 317 g/mol. The largest absolute Gasteiger partial charge is 0.345 e. The molecule has 0 spiro atoms. The van der Waals surface area contributed by atoms with Crippen molar-refractivity contribution in [1.29, 1.82) is 0 Å². The highest BCUT2D eigenvalue weighted by atomic mass is 16.2. The van der Waals surface area contributed by atoms with Crippen LogP contribution in [0.25, 0.3) is 0 Å². The molecule has 2 amide bonds. The molecule has 1 fully saturated rings. The summed E-state index contributed by atoms with van der Waals surface area (Å²) in [4.78, 5) is 24.3. The zero-order chi connectivity index (χ0) is 17.0. The monoisotopic (exact) mass is 317 g/mol. The van der Waals surface area contributed by atoms with Crippen LogP contribution in [-0.2, 0) is 4.79 Å². The predicted octanol–water partition coefficient (Wildman–Crippen LogP) is 2.53. The Bertz CT molecular complexity index is 556. The van der Waals surface area contributed by atoms with Gasteiger partial charge in [-0.1, -0.05) is 20.8 Å². The number of rotatable bonds is 7. The van der Waals surface area contributed by atoms with Crippen molar-refractivity contribution < 1.29 is 9.59 Å². The summed E-state index contributed by atoms with van der Waals surface area (Å²) in [6.45, 7) is 6.53. The third-order valence-electron chi connectivity index (χ3n) is 4.98. The van der Waals surface area contributed by atoms with Crippen molar-refractivity contribution >= 4 is 17.5 Å². The molecule has 0 heterocycles. The summed E-state index contributed by atoms with van der Waals surface area (Å²) in [7, 11) is 0. The molecule has 1 saturated carbocycles. The van der Waals surface area contributed by atoms with E-state index in [9.17, 15) is 9.59 Å². The second-order valence-corrected chi connectivity index (χ2v) is 6.53. The van der Waals surface area contributed by atoms with Gasteiger partial charge in [-0.3, -0.25) is 9.59 Å².